The first kappa shape index (κ1) is 19.6. The molecule has 0 aliphatic heterocycles. The number of halogens is 2. The molecular weight excluding hydrogens is 412 g/mol. The fourth-order valence-corrected chi connectivity index (χ4v) is 3.60. The molecule has 4 aromatic rings. The zero-order valence-corrected chi connectivity index (χ0v) is 16.2. The number of anilines is 1. The maximum Gasteiger partial charge on any atom is 0.313 e. The first-order valence-electron chi connectivity index (χ1n) is 8.94. The van der Waals surface area contributed by atoms with Crippen molar-refractivity contribution in [3.05, 3.63) is 71.2 Å². The molecular formula is C20H15F2N5O2S. The highest BCUT2D eigenvalue weighted by Gasteiger charge is 2.16. The van der Waals surface area contributed by atoms with Crippen LogP contribution in [0.4, 0.5) is 14.5 Å². The average molecular weight is 427 g/mol. The van der Waals surface area contributed by atoms with Gasteiger partial charge in [0, 0.05) is 23.9 Å². The van der Waals surface area contributed by atoms with Crippen LogP contribution in [0.15, 0.2) is 53.9 Å². The van der Waals surface area contributed by atoms with Crippen LogP contribution in [0.1, 0.15) is 5.69 Å². The molecule has 0 atom stereocenters. The number of rotatable bonds is 5. The molecule has 2 aromatic carbocycles. The third kappa shape index (κ3) is 4.18. The maximum absolute atomic E-state index is 13.6. The molecule has 0 radical (unpaired) electrons. The minimum absolute atomic E-state index is 0.0619. The van der Waals surface area contributed by atoms with E-state index in [1.807, 2.05) is 5.38 Å². The van der Waals surface area contributed by atoms with Crippen molar-refractivity contribution in [3.8, 4) is 11.4 Å². The van der Waals surface area contributed by atoms with Gasteiger partial charge in [-0.1, -0.05) is 12.1 Å². The minimum atomic E-state index is -0.949. The fourth-order valence-electron chi connectivity index (χ4n) is 2.74. The van der Waals surface area contributed by atoms with Gasteiger partial charge in [-0.15, -0.1) is 16.4 Å². The Kier molecular flexibility index (Phi) is 5.48. The van der Waals surface area contributed by atoms with Gasteiger partial charge in [0.1, 0.15) is 11.6 Å². The van der Waals surface area contributed by atoms with E-state index in [0.717, 1.165) is 5.69 Å². The molecule has 0 saturated heterocycles. The highest BCUT2D eigenvalue weighted by molar-refractivity contribution is 7.15. The van der Waals surface area contributed by atoms with Crippen molar-refractivity contribution in [2.24, 2.45) is 0 Å². The average Bonchev–Trinajstić information content (AvgIpc) is 3.32. The van der Waals surface area contributed by atoms with E-state index in [2.05, 4.69) is 20.7 Å². The predicted molar refractivity (Wildman–Crippen MR) is 108 cm³/mol. The molecule has 2 amide bonds. The summed E-state index contributed by atoms with van der Waals surface area (Å²) in [6.45, 7) is 0.182. The molecule has 30 heavy (non-hydrogen) atoms. The van der Waals surface area contributed by atoms with Gasteiger partial charge in [-0.05, 0) is 36.4 Å². The second-order valence-corrected chi connectivity index (χ2v) is 7.14. The van der Waals surface area contributed by atoms with Crippen molar-refractivity contribution < 1.29 is 18.4 Å². The minimum Gasteiger partial charge on any atom is -0.347 e. The van der Waals surface area contributed by atoms with Gasteiger partial charge >= 0.3 is 11.8 Å². The van der Waals surface area contributed by atoms with E-state index < -0.39 is 17.6 Å². The zero-order valence-electron chi connectivity index (χ0n) is 15.4. The number of benzene rings is 2. The molecule has 0 bridgehead atoms. The van der Waals surface area contributed by atoms with Gasteiger partial charge in [-0.3, -0.25) is 9.59 Å². The molecule has 152 valence electrons. The monoisotopic (exact) mass is 427 g/mol. The van der Waals surface area contributed by atoms with Crippen LogP contribution in [-0.4, -0.2) is 33.0 Å². The van der Waals surface area contributed by atoms with Crippen LogP contribution < -0.4 is 10.6 Å². The van der Waals surface area contributed by atoms with E-state index in [0.29, 0.717) is 22.8 Å². The number of thiazole rings is 1. The molecule has 0 fully saturated rings. The molecule has 2 heterocycles. The lowest BCUT2D eigenvalue weighted by atomic mass is 10.2. The Labute approximate surface area is 173 Å². The van der Waals surface area contributed by atoms with E-state index in [-0.39, 0.29) is 18.0 Å². The summed E-state index contributed by atoms with van der Waals surface area (Å²) in [6, 6.07) is 11.5. The summed E-state index contributed by atoms with van der Waals surface area (Å²) in [7, 11) is 0. The largest absolute Gasteiger partial charge is 0.347 e. The lowest BCUT2D eigenvalue weighted by Crippen LogP contribution is -2.36. The van der Waals surface area contributed by atoms with E-state index in [1.54, 1.807) is 22.7 Å². The van der Waals surface area contributed by atoms with Crippen LogP contribution in [0, 0.1) is 11.6 Å². The summed E-state index contributed by atoms with van der Waals surface area (Å²) in [5.41, 5.74) is 1.43. The normalized spacial score (nSPS) is 10.9. The van der Waals surface area contributed by atoms with Crippen molar-refractivity contribution in [2.75, 3.05) is 11.9 Å². The quantitative estimate of drug-likeness (QED) is 0.479. The van der Waals surface area contributed by atoms with Gasteiger partial charge < -0.3 is 10.6 Å². The van der Waals surface area contributed by atoms with E-state index >= 15 is 0 Å². The third-order valence-corrected chi connectivity index (χ3v) is 5.11. The Morgan fingerprint density at radius 3 is 2.57 bits per heavy atom. The van der Waals surface area contributed by atoms with Gasteiger partial charge in [-0.2, -0.15) is 4.98 Å². The Morgan fingerprint density at radius 2 is 1.80 bits per heavy atom. The summed E-state index contributed by atoms with van der Waals surface area (Å²) >= 11 is 1.38. The van der Waals surface area contributed by atoms with Crippen molar-refractivity contribution in [3.63, 3.8) is 0 Å². The van der Waals surface area contributed by atoms with Crippen molar-refractivity contribution in [1.29, 1.82) is 0 Å². The number of nitrogens with one attached hydrogen (secondary N) is 2. The van der Waals surface area contributed by atoms with Gasteiger partial charge in [0.25, 0.3) is 0 Å². The van der Waals surface area contributed by atoms with Crippen LogP contribution in [-0.2, 0) is 16.0 Å². The van der Waals surface area contributed by atoms with E-state index in [1.165, 1.54) is 41.7 Å². The summed E-state index contributed by atoms with van der Waals surface area (Å²) in [5, 5.41) is 11.0. The van der Waals surface area contributed by atoms with Gasteiger partial charge in [0.05, 0.1) is 11.4 Å². The Hall–Kier alpha value is -3.66. The van der Waals surface area contributed by atoms with Crippen molar-refractivity contribution in [2.45, 2.75) is 6.42 Å². The second-order valence-electron chi connectivity index (χ2n) is 6.30. The van der Waals surface area contributed by atoms with Crippen LogP contribution >= 0.6 is 11.3 Å². The number of carbonyl (C=O) groups is 2. The summed E-state index contributed by atoms with van der Waals surface area (Å²) in [6.07, 6.45) is 0.408. The molecule has 10 heteroatoms. The first-order valence-corrected chi connectivity index (χ1v) is 9.82. The molecule has 7 nitrogen and oxygen atoms in total. The fraction of sp³-hybridized carbons (Fsp3) is 0.100. The number of nitrogens with zero attached hydrogens (tertiary/aromatic N) is 3. The number of hydrogen-bond donors (Lipinski definition) is 2. The summed E-state index contributed by atoms with van der Waals surface area (Å²) in [4.78, 5) is 29.0. The number of hydrogen-bond acceptors (Lipinski definition) is 5. The van der Waals surface area contributed by atoms with Crippen LogP contribution in [0.25, 0.3) is 16.3 Å². The van der Waals surface area contributed by atoms with Gasteiger partial charge in [-0.25, -0.2) is 13.3 Å². The lowest BCUT2D eigenvalue weighted by molar-refractivity contribution is -0.136. The van der Waals surface area contributed by atoms with Gasteiger partial charge in [0.15, 0.2) is 5.82 Å². The Bertz CT molecular complexity index is 1220. The number of carbonyl (C=O) groups excluding carboxylic acids is 2. The molecule has 4 rings (SSSR count). The second kappa shape index (κ2) is 8.37. The molecule has 0 aliphatic rings. The number of fused-ring (bicyclic) bond motifs is 1. The highest BCUT2D eigenvalue weighted by atomic mass is 32.1. The predicted octanol–water partition coefficient (Wildman–Crippen LogP) is 3.03. The van der Waals surface area contributed by atoms with Crippen LogP contribution in [0.5, 0.6) is 0 Å². The Morgan fingerprint density at radius 1 is 1.03 bits per heavy atom. The SMILES string of the molecule is O=C(NCCc1csc2nc(-c3ccc(F)cc3)nn12)C(=O)Nc1ccccc1F. The molecule has 0 saturated carbocycles. The maximum atomic E-state index is 13.6. The van der Waals surface area contributed by atoms with Crippen molar-refractivity contribution in [1.82, 2.24) is 19.9 Å². The molecule has 0 spiro atoms. The molecule has 0 unspecified atom stereocenters. The Balaban J connectivity index is 1.37. The highest BCUT2D eigenvalue weighted by Crippen LogP contribution is 2.21. The van der Waals surface area contributed by atoms with Gasteiger partial charge in [0.2, 0.25) is 4.96 Å². The van der Waals surface area contributed by atoms with Crippen LogP contribution in [0.2, 0.25) is 0 Å². The number of para-hydroxylation sites is 1. The molecule has 2 N–H and O–H groups in total. The van der Waals surface area contributed by atoms with Crippen LogP contribution in [0.3, 0.4) is 0 Å². The standard InChI is InChI=1S/C20H15F2N5O2S/c21-13-7-5-12(6-8-13)17-25-20-27(26-17)14(11-30-20)9-10-23-18(28)19(29)24-16-4-2-1-3-15(16)22/h1-8,11H,9-10H2,(H,23,28)(H,24,29). The lowest BCUT2D eigenvalue weighted by Gasteiger charge is -2.07. The third-order valence-electron chi connectivity index (χ3n) is 4.25. The summed E-state index contributed by atoms with van der Waals surface area (Å²) < 4.78 is 28.3. The zero-order chi connectivity index (χ0) is 21.1. The topological polar surface area (TPSA) is 88.4 Å². The molecule has 0 aliphatic carbocycles. The van der Waals surface area contributed by atoms with Crippen molar-refractivity contribution >= 4 is 33.8 Å². The smallest absolute Gasteiger partial charge is 0.313 e. The number of amides is 2. The van der Waals surface area contributed by atoms with E-state index in [4.69, 9.17) is 0 Å². The first-order chi connectivity index (χ1) is 14.5. The number of aromatic nitrogens is 3. The molecule has 2 aromatic heterocycles. The summed E-state index contributed by atoms with van der Waals surface area (Å²) in [5.74, 6) is -2.31. The van der Waals surface area contributed by atoms with E-state index in [9.17, 15) is 18.4 Å².